The summed E-state index contributed by atoms with van der Waals surface area (Å²) >= 11 is 0. The van der Waals surface area contributed by atoms with E-state index in [1.54, 1.807) is 31.4 Å². The lowest BCUT2D eigenvalue weighted by Gasteiger charge is -2.32. The first-order valence-corrected chi connectivity index (χ1v) is 15.0. The molecule has 2 N–H and O–H groups in total. The van der Waals surface area contributed by atoms with Gasteiger partial charge in [-0.2, -0.15) is 0 Å². The van der Waals surface area contributed by atoms with E-state index in [-0.39, 0.29) is 18.9 Å². The molecule has 2 aliphatic heterocycles. The van der Waals surface area contributed by atoms with Crippen LogP contribution in [0, 0.1) is 0 Å². The zero-order chi connectivity index (χ0) is 31.5. The van der Waals surface area contributed by atoms with Gasteiger partial charge >= 0.3 is 0 Å². The molecule has 3 aromatic carbocycles. The number of nitrogens with zero attached hydrogens (tertiary/aromatic N) is 5. The molecule has 1 amide bonds. The fourth-order valence-electron chi connectivity index (χ4n) is 5.49. The number of carbonyl (C=O) groups excluding carboxylic acids is 1. The first-order valence-electron chi connectivity index (χ1n) is 15.0. The second-order valence-electron chi connectivity index (χ2n) is 10.8. The molecule has 3 aromatic rings. The highest BCUT2D eigenvalue weighted by Crippen LogP contribution is 2.44. The highest BCUT2D eigenvalue weighted by Gasteiger charge is 2.53. The van der Waals surface area contributed by atoms with Crippen molar-refractivity contribution in [2.75, 3.05) is 59.7 Å². The lowest BCUT2D eigenvalue weighted by atomic mass is 9.81. The van der Waals surface area contributed by atoms with Crippen LogP contribution in [0.2, 0.25) is 0 Å². The molecule has 5 rings (SSSR count). The number of methoxy groups -OCH3 is 1. The van der Waals surface area contributed by atoms with Crippen LogP contribution in [0.25, 0.3) is 10.4 Å². The van der Waals surface area contributed by atoms with E-state index in [4.69, 9.17) is 29.0 Å². The summed E-state index contributed by atoms with van der Waals surface area (Å²) in [7, 11) is 1.59. The summed E-state index contributed by atoms with van der Waals surface area (Å²) in [5.41, 5.74) is 10.3. The number of aliphatic hydroxyl groups excluding tert-OH is 1. The number of azide groups is 1. The van der Waals surface area contributed by atoms with Gasteiger partial charge in [0.1, 0.15) is 11.5 Å². The lowest BCUT2D eigenvalue weighted by Crippen LogP contribution is -2.51. The lowest BCUT2D eigenvalue weighted by molar-refractivity contribution is -0.129. The Morgan fingerprint density at radius 3 is 2.69 bits per heavy atom. The van der Waals surface area contributed by atoms with Gasteiger partial charge in [0, 0.05) is 61.8 Å². The third-order valence-electron chi connectivity index (χ3n) is 7.85. The molecule has 2 atom stereocenters. The third-order valence-corrected chi connectivity index (χ3v) is 7.85. The van der Waals surface area contributed by atoms with Crippen LogP contribution < -0.4 is 14.8 Å². The number of rotatable bonds is 14. The normalized spacial score (nSPS) is 19.6. The maximum Gasteiger partial charge on any atom is 0.252 e. The number of aliphatic hydroxyl groups is 1. The predicted octanol–water partition coefficient (Wildman–Crippen LogP) is 4.35. The van der Waals surface area contributed by atoms with Crippen LogP contribution in [0.1, 0.15) is 29.2 Å². The van der Waals surface area contributed by atoms with Crippen molar-refractivity contribution < 1.29 is 28.8 Å². The molecule has 2 aliphatic rings. The van der Waals surface area contributed by atoms with Gasteiger partial charge in [0.25, 0.3) is 5.91 Å². The van der Waals surface area contributed by atoms with E-state index in [1.807, 2.05) is 48.5 Å². The van der Waals surface area contributed by atoms with Crippen molar-refractivity contribution in [3.63, 3.8) is 0 Å². The largest absolute Gasteiger partial charge is 0.497 e. The van der Waals surface area contributed by atoms with Crippen molar-refractivity contribution in [3.05, 3.63) is 99.9 Å². The van der Waals surface area contributed by atoms with Gasteiger partial charge in [0.2, 0.25) is 5.90 Å². The van der Waals surface area contributed by atoms with Crippen LogP contribution >= 0.6 is 0 Å². The molecular formula is C33H38N6O6. The Hall–Kier alpha value is -4.61. The number of nitrogens with one attached hydrogen (secondary N) is 1. The van der Waals surface area contributed by atoms with E-state index in [9.17, 15) is 10.3 Å². The molecule has 0 bridgehead atoms. The second kappa shape index (κ2) is 15.4. The molecule has 236 valence electrons. The van der Waals surface area contributed by atoms with Crippen LogP contribution in [-0.2, 0) is 20.7 Å². The van der Waals surface area contributed by atoms with Crippen molar-refractivity contribution in [2.24, 2.45) is 10.1 Å². The fourth-order valence-corrected chi connectivity index (χ4v) is 5.49. The Morgan fingerprint density at radius 2 is 1.93 bits per heavy atom. The van der Waals surface area contributed by atoms with Crippen LogP contribution in [-0.4, -0.2) is 87.1 Å². The molecule has 12 heteroatoms. The number of morpholine rings is 1. The Morgan fingerprint density at radius 1 is 1.13 bits per heavy atom. The number of carbonyl (C=O) groups is 1. The van der Waals surface area contributed by atoms with Crippen molar-refractivity contribution in [1.82, 2.24) is 10.2 Å². The van der Waals surface area contributed by atoms with E-state index in [2.05, 4.69) is 20.2 Å². The molecule has 12 nitrogen and oxygen atoms in total. The first-order chi connectivity index (χ1) is 22.1. The number of aliphatic imine (C=N–C) groups is 1. The van der Waals surface area contributed by atoms with Crippen molar-refractivity contribution >= 4 is 17.5 Å². The highest BCUT2D eigenvalue weighted by molar-refractivity contribution is 6.01. The minimum Gasteiger partial charge on any atom is -0.497 e. The molecule has 1 saturated heterocycles. The van der Waals surface area contributed by atoms with E-state index in [0.717, 1.165) is 13.1 Å². The standard InChI is InChI=1S/C33H38N6O6/c1-42-28-8-4-7-25(22-28)30-33(23-26-6-2-3-9-29(26)37-38-34,32(41)35-14-15-39-16-20-43-21-17-39)36-31(45-30)24-10-12-27(13-11-24)44-19-5-18-40/h2-4,6-13,22,30,40H,5,14-21,23H2,1H3,(H,35,41)/t30-,33-/m1/s1. The molecule has 1 fully saturated rings. The average molecular weight is 615 g/mol. The van der Waals surface area contributed by atoms with E-state index in [1.165, 1.54) is 0 Å². The summed E-state index contributed by atoms with van der Waals surface area (Å²) in [6, 6.07) is 21.9. The van der Waals surface area contributed by atoms with Gasteiger partial charge < -0.3 is 29.4 Å². The zero-order valence-electron chi connectivity index (χ0n) is 25.3. The predicted molar refractivity (Wildman–Crippen MR) is 169 cm³/mol. The zero-order valence-corrected chi connectivity index (χ0v) is 25.3. The average Bonchev–Trinajstić information content (AvgIpc) is 3.47. The summed E-state index contributed by atoms with van der Waals surface area (Å²) in [5, 5.41) is 16.1. The maximum atomic E-state index is 14.5. The molecule has 0 unspecified atom stereocenters. The molecule has 0 radical (unpaired) electrons. The van der Waals surface area contributed by atoms with Crippen molar-refractivity contribution in [1.29, 1.82) is 0 Å². The van der Waals surface area contributed by atoms with E-state index in [0.29, 0.717) is 79.1 Å². The minimum absolute atomic E-state index is 0.0494. The van der Waals surface area contributed by atoms with Crippen LogP contribution in [0.4, 0.5) is 5.69 Å². The van der Waals surface area contributed by atoms with Crippen LogP contribution in [0.15, 0.2) is 82.9 Å². The quantitative estimate of drug-likeness (QED) is 0.119. The second-order valence-corrected chi connectivity index (χ2v) is 10.8. The van der Waals surface area contributed by atoms with E-state index < -0.39 is 11.6 Å². The van der Waals surface area contributed by atoms with Crippen molar-refractivity contribution in [3.8, 4) is 11.5 Å². The maximum absolute atomic E-state index is 14.5. The van der Waals surface area contributed by atoms with Gasteiger partial charge in [-0.3, -0.25) is 9.69 Å². The van der Waals surface area contributed by atoms with Gasteiger partial charge in [0.15, 0.2) is 11.6 Å². The molecule has 0 aromatic heterocycles. The molecular weight excluding hydrogens is 576 g/mol. The van der Waals surface area contributed by atoms with Gasteiger partial charge in [-0.25, -0.2) is 4.99 Å². The summed E-state index contributed by atoms with van der Waals surface area (Å²) in [4.78, 5) is 24.8. The summed E-state index contributed by atoms with van der Waals surface area (Å²) in [6.07, 6.45) is -0.190. The number of amides is 1. The summed E-state index contributed by atoms with van der Waals surface area (Å²) in [6.45, 7) is 4.46. The topological polar surface area (TPSA) is 151 Å². The number of hydrogen-bond acceptors (Lipinski definition) is 9. The van der Waals surface area contributed by atoms with Crippen molar-refractivity contribution in [2.45, 2.75) is 24.5 Å². The number of ether oxygens (including phenoxy) is 4. The first kappa shape index (κ1) is 31.8. The number of benzene rings is 3. The summed E-state index contributed by atoms with van der Waals surface area (Å²) < 4.78 is 23.3. The molecule has 0 spiro atoms. The Kier molecular flexibility index (Phi) is 10.9. The van der Waals surface area contributed by atoms with Gasteiger partial charge in [-0.1, -0.05) is 41.5 Å². The number of hydrogen-bond donors (Lipinski definition) is 2. The van der Waals surface area contributed by atoms with Gasteiger partial charge in [-0.15, -0.1) is 0 Å². The summed E-state index contributed by atoms with van der Waals surface area (Å²) in [5.74, 6) is 1.25. The Bertz CT molecular complexity index is 1520. The monoisotopic (exact) mass is 614 g/mol. The smallest absolute Gasteiger partial charge is 0.252 e. The molecule has 0 saturated carbocycles. The van der Waals surface area contributed by atoms with Crippen LogP contribution in [0.3, 0.4) is 0 Å². The Balaban J connectivity index is 1.55. The molecule has 2 heterocycles. The highest BCUT2D eigenvalue weighted by atomic mass is 16.5. The van der Waals surface area contributed by atoms with E-state index >= 15 is 0 Å². The molecule has 45 heavy (non-hydrogen) atoms. The minimum atomic E-state index is -1.45. The third kappa shape index (κ3) is 7.73. The van der Waals surface area contributed by atoms with Crippen LogP contribution in [0.5, 0.6) is 11.5 Å². The van der Waals surface area contributed by atoms with Gasteiger partial charge in [0.05, 0.1) is 26.9 Å². The van der Waals surface area contributed by atoms with Gasteiger partial charge in [-0.05, 0) is 53.1 Å². The fraction of sp³-hybridized carbons (Fsp3) is 0.394. The molecule has 0 aliphatic carbocycles. The Labute approximate surface area is 262 Å². The SMILES string of the molecule is COc1cccc([C@H]2OC(c3ccc(OCCCO)cc3)=N[C@@]2(Cc2ccccc2N=[N+]=[N-])C(=O)NCCN2CCOCC2)c1.